The molecule has 2 N–H and O–H groups in total. The molecule has 0 unspecified atom stereocenters. The minimum Gasteiger partial charge on any atom is -0.452 e. The van der Waals surface area contributed by atoms with Gasteiger partial charge in [-0.3, -0.25) is 14.9 Å². The number of carbonyl (C=O) groups is 2. The van der Waals surface area contributed by atoms with Gasteiger partial charge in [-0.25, -0.2) is 4.79 Å². The molecule has 154 valence electrons. The first-order valence-electron chi connectivity index (χ1n) is 9.26. The molecule has 29 heavy (non-hydrogen) atoms. The van der Waals surface area contributed by atoms with Crippen molar-refractivity contribution in [1.29, 1.82) is 0 Å². The van der Waals surface area contributed by atoms with Crippen LogP contribution in [0.3, 0.4) is 0 Å². The average Bonchev–Trinajstić information content (AvgIpc) is 2.70. The van der Waals surface area contributed by atoms with Gasteiger partial charge in [0.2, 0.25) is 0 Å². The van der Waals surface area contributed by atoms with Crippen molar-refractivity contribution in [2.45, 2.75) is 39.3 Å². The predicted octanol–water partition coefficient (Wildman–Crippen LogP) is 3.67. The van der Waals surface area contributed by atoms with Gasteiger partial charge in [-0.05, 0) is 31.9 Å². The van der Waals surface area contributed by atoms with Crippen LogP contribution in [-0.2, 0) is 16.1 Å². The van der Waals surface area contributed by atoms with Crippen LogP contribution in [0, 0.1) is 10.1 Å². The van der Waals surface area contributed by atoms with Gasteiger partial charge in [0.15, 0.2) is 6.61 Å². The number of hydrogen-bond donors (Lipinski definition) is 2. The number of rotatable bonds is 9. The van der Waals surface area contributed by atoms with Crippen molar-refractivity contribution in [2.24, 2.45) is 0 Å². The maximum Gasteiger partial charge on any atom is 0.341 e. The fourth-order valence-corrected chi connectivity index (χ4v) is 2.47. The number of carbonyl (C=O) groups excluding carboxylic acids is 2. The van der Waals surface area contributed by atoms with Crippen LogP contribution in [0.1, 0.15) is 43.1 Å². The van der Waals surface area contributed by atoms with E-state index in [0.717, 1.165) is 11.6 Å². The van der Waals surface area contributed by atoms with Crippen LogP contribution in [0.2, 0.25) is 0 Å². The Labute approximate surface area is 169 Å². The lowest BCUT2D eigenvalue weighted by molar-refractivity contribution is -0.384. The molecule has 0 aliphatic carbocycles. The minimum atomic E-state index is -0.811. The molecule has 0 spiro atoms. The molecule has 0 fully saturated rings. The van der Waals surface area contributed by atoms with Gasteiger partial charge in [-0.15, -0.1) is 0 Å². The van der Waals surface area contributed by atoms with Crippen LogP contribution in [0.25, 0.3) is 0 Å². The highest BCUT2D eigenvalue weighted by molar-refractivity contribution is 5.97. The van der Waals surface area contributed by atoms with Gasteiger partial charge in [-0.1, -0.05) is 37.3 Å². The Hall–Kier alpha value is -3.42. The van der Waals surface area contributed by atoms with Gasteiger partial charge >= 0.3 is 5.97 Å². The summed E-state index contributed by atoms with van der Waals surface area (Å²) in [6.45, 7) is 5.60. The lowest BCUT2D eigenvalue weighted by atomic mass is 10.0. The number of anilines is 1. The molecule has 0 aliphatic rings. The van der Waals surface area contributed by atoms with Crippen LogP contribution in [0.15, 0.2) is 48.5 Å². The summed E-state index contributed by atoms with van der Waals surface area (Å²) < 4.78 is 5.09. The molecule has 2 aromatic rings. The molecule has 8 heteroatoms. The Balaban J connectivity index is 2.12. The van der Waals surface area contributed by atoms with E-state index >= 15 is 0 Å². The third-order valence-corrected chi connectivity index (χ3v) is 4.46. The fourth-order valence-electron chi connectivity index (χ4n) is 2.47. The van der Waals surface area contributed by atoms with Gasteiger partial charge in [0, 0.05) is 29.9 Å². The van der Waals surface area contributed by atoms with E-state index < -0.39 is 28.9 Å². The zero-order valence-corrected chi connectivity index (χ0v) is 16.7. The molecule has 0 heterocycles. The minimum absolute atomic E-state index is 0.00215. The fraction of sp³-hybridized carbons (Fsp3) is 0.333. The standard InChI is InChI=1S/C21H25N3O5/c1-4-21(2,3)23-19(25)14-29-20(26)17-12-16(24(27)28)10-11-18(17)22-13-15-8-6-5-7-9-15/h5-12,22H,4,13-14H2,1-3H3,(H,23,25). The van der Waals surface area contributed by atoms with E-state index in [1.807, 2.05) is 51.1 Å². The van der Waals surface area contributed by atoms with Crippen LogP contribution in [-0.4, -0.2) is 28.9 Å². The number of nitro benzene ring substituents is 1. The first kappa shape index (κ1) is 21.9. The van der Waals surface area contributed by atoms with Crippen molar-refractivity contribution in [1.82, 2.24) is 5.32 Å². The molecule has 0 atom stereocenters. The average molecular weight is 399 g/mol. The van der Waals surface area contributed by atoms with E-state index in [4.69, 9.17) is 4.74 Å². The SMILES string of the molecule is CCC(C)(C)NC(=O)COC(=O)c1cc([N+](=O)[O-])ccc1NCc1ccccc1. The maximum atomic E-state index is 12.5. The number of benzene rings is 2. The summed E-state index contributed by atoms with van der Waals surface area (Å²) in [5, 5.41) is 16.9. The Bertz CT molecular complexity index is 881. The zero-order chi connectivity index (χ0) is 21.4. The Kier molecular flexibility index (Phi) is 7.30. The first-order chi connectivity index (χ1) is 13.7. The summed E-state index contributed by atoms with van der Waals surface area (Å²) >= 11 is 0. The third-order valence-electron chi connectivity index (χ3n) is 4.46. The predicted molar refractivity (Wildman–Crippen MR) is 110 cm³/mol. The number of nitro groups is 1. The number of amides is 1. The number of nitrogens with zero attached hydrogens (tertiary/aromatic N) is 1. The van der Waals surface area contributed by atoms with Crippen molar-refractivity contribution >= 4 is 23.3 Å². The summed E-state index contributed by atoms with van der Waals surface area (Å²) in [4.78, 5) is 35.0. The van der Waals surface area contributed by atoms with Crippen molar-refractivity contribution in [2.75, 3.05) is 11.9 Å². The molecular weight excluding hydrogens is 374 g/mol. The van der Waals surface area contributed by atoms with Crippen molar-refractivity contribution in [3.05, 3.63) is 69.8 Å². The van der Waals surface area contributed by atoms with Gasteiger partial charge in [0.1, 0.15) is 0 Å². The molecule has 0 saturated heterocycles. The second kappa shape index (κ2) is 9.68. The number of esters is 1. The topological polar surface area (TPSA) is 111 Å². The molecular formula is C21H25N3O5. The largest absolute Gasteiger partial charge is 0.452 e. The van der Waals surface area contributed by atoms with Crippen LogP contribution in [0.4, 0.5) is 11.4 Å². The normalized spacial score (nSPS) is 10.9. The molecule has 0 bridgehead atoms. The summed E-state index contributed by atoms with van der Waals surface area (Å²) in [5.41, 5.74) is 0.707. The van der Waals surface area contributed by atoms with Crippen LogP contribution < -0.4 is 10.6 Å². The van der Waals surface area contributed by atoms with E-state index in [9.17, 15) is 19.7 Å². The number of nitrogens with one attached hydrogen (secondary N) is 2. The van der Waals surface area contributed by atoms with Crippen LogP contribution >= 0.6 is 0 Å². The molecule has 1 amide bonds. The van der Waals surface area contributed by atoms with Crippen molar-refractivity contribution < 1.29 is 19.2 Å². The summed E-state index contributed by atoms with van der Waals surface area (Å²) in [7, 11) is 0. The van der Waals surface area contributed by atoms with E-state index in [1.54, 1.807) is 0 Å². The quantitative estimate of drug-likeness (QED) is 0.378. The highest BCUT2D eigenvalue weighted by atomic mass is 16.6. The Morgan fingerprint density at radius 2 is 1.83 bits per heavy atom. The van der Waals surface area contributed by atoms with Crippen LogP contribution in [0.5, 0.6) is 0 Å². The highest BCUT2D eigenvalue weighted by Gasteiger charge is 2.21. The lowest BCUT2D eigenvalue weighted by Crippen LogP contribution is -2.44. The molecule has 0 saturated carbocycles. The molecule has 0 radical (unpaired) electrons. The van der Waals surface area contributed by atoms with Gasteiger partial charge in [0.25, 0.3) is 11.6 Å². The van der Waals surface area contributed by atoms with E-state index in [1.165, 1.54) is 12.1 Å². The van der Waals surface area contributed by atoms with Gasteiger partial charge in [-0.2, -0.15) is 0 Å². The van der Waals surface area contributed by atoms with E-state index in [2.05, 4.69) is 10.6 Å². The number of non-ortho nitro benzene ring substituents is 1. The molecule has 2 aromatic carbocycles. The maximum absolute atomic E-state index is 12.5. The first-order valence-corrected chi connectivity index (χ1v) is 9.26. The van der Waals surface area contributed by atoms with Gasteiger partial charge < -0.3 is 15.4 Å². The number of hydrogen-bond acceptors (Lipinski definition) is 6. The summed E-state index contributed by atoms with van der Waals surface area (Å²) in [5.74, 6) is -1.25. The molecule has 0 aromatic heterocycles. The lowest BCUT2D eigenvalue weighted by Gasteiger charge is -2.24. The summed E-state index contributed by atoms with van der Waals surface area (Å²) in [6.07, 6.45) is 0.713. The second-order valence-corrected chi connectivity index (χ2v) is 7.19. The van der Waals surface area contributed by atoms with Crippen molar-refractivity contribution in [3.8, 4) is 0 Å². The van der Waals surface area contributed by atoms with Gasteiger partial charge in [0.05, 0.1) is 10.5 Å². The molecule has 0 aliphatic heterocycles. The molecule has 8 nitrogen and oxygen atoms in total. The molecule has 2 rings (SSSR count). The van der Waals surface area contributed by atoms with E-state index in [0.29, 0.717) is 18.7 Å². The second-order valence-electron chi connectivity index (χ2n) is 7.19. The third kappa shape index (κ3) is 6.60. The Morgan fingerprint density at radius 3 is 2.45 bits per heavy atom. The smallest absolute Gasteiger partial charge is 0.341 e. The zero-order valence-electron chi connectivity index (χ0n) is 16.7. The van der Waals surface area contributed by atoms with E-state index in [-0.39, 0.29) is 11.3 Å². The Morgan fingerprint density at radius 1 is 1.14 bits per heavy atom. The van der Waals surface area contributed by atoms with Crippen molar-refractivity contribution in [3.63, 3.8) is 0 Å². The monoisotopic (exact) mass is 399 g/mol. The highest BCUT2D eigenvalue weighted by Crippen LogP contribution is 2.24. The summed E-state index contributed by atoms with van der Waals surface area (Å²) in [6, 6.07) is 13.4. The number of ether oxygens (including phenoxy) is 1.